The lowest BCUT2D eigenvalue weighted by atomic mass is 9.86. The molecule has 1 atom stereocenters. The number of ether oxygens (including phenoxy) is 1. The molecule has 0 bridgehead atoms. The van der Waals surface area contributed by atoms with Crippen LogP contribution in [0.3, 0.4) is 0 Å². The lowest BCUT2D eigenvalue weighted by Crippen LogP contribution is -2.26. The highest BCUT2D eigenvalue weighted by atomic mass is 19.4. The second kappa shape index (κ2) is 5.09. The van der Waals surface area contributed by atoms with Crippen molar-refractivity contribution in [3.63, 3.8) is 0 Å². The molecule has 1 saturated heterocycles. The maximum Gasteiger partial charge on any atom is 0.419 e. The number of hydrogen-bond donors (Lipinski definition) is 1. The molecule has 0 aromatic heterocycles. The minimum absolute atomic E-state index is 0.170. The molecule has 1 aliphatic heterocycles. The number of benzene rings is 1. The second-order valence-electron chi connectivity index (χ2n) is 4.69. The maximum atomic E-state index is 13.5. The maximum absolute atomic E-state index is 13.5. The third kappa shape index (κ3) is 3.06. The topological polar surface area (TPSA) is 29.5 Å². The lowest BCUT2D eigenvalue weighted by molar-refractivity contribution is -0.140. The molecule has 1 aliphatic rings. The van der Waals surface area contributed by atoms with Crippen LogP contribution in [0.5, 0.6) is 0 Å². The molecule has 0 radical (unpaired) electrons. The Morgan fingerprint density at radius 3 is 2.53 bits per heavy atom. The molecule has 1 unspecified atom stereocenters. The smallest absolute Gasteiger partial charge is 0.385 e. The van der Waals surface area contributed by atoms with E-state index in [1.54, 1.807) is 0 Å². The van der Waals surface area contributed by atoms with E-state index in [1.165, 1.54) is 0 Å². The Kier molecular flexibility index (Phi) is 3.82. The molecule has 106 valence electrons. The highest BCUT2D eigenvalue weighted by Gasteiger charge is 2.36. The van der Waals surface area contributed by atoms with E-state index in [2.05, 4.69) is 0 Å². The highest BCUT2D eigenvalue weighted by Crippen LogP contribution is 2.36. The average Bonchev–Trinajstić information content (AvgIpc) is 2.53. The summed E-state index contributed by atoms with van der Waals surface area (Å²) < 4.78 is 56.1. The first-order chi connectivity index (χ1) is 8.83. The number of aliphatic hydroxyl groups is 1. The van der Waals surface area contributed by atoms with Crippen molar-refractivity contribution in [2.75, 3.05) is 13.2 Å². The third-order valence-electron chi connectivity index (χ3n) is 3.35. The first-order valence-corrected chi connectivity index (χ1v) is 6.00. The number of alkyl halides is 3. The van der Waals surface area contributed by atoms with Crippen molar-refractivity contribution in [3.05, 3.63) is 35.1 Å². The number of hydrogen-bond acceptors (Lipinski definition) is 2. The Morgan fingerprint density at radius 2 is 1.89 bits per heavy atom. The summed E-state index contributed by atoms with van der Waals surface area (Å²) in [6.07, 6.45) is -3.55. The molecule has 0 aliphatic carbocycles. The van der Waals surface area contributed by atoms with Gasteiger partial charge in [-0.25, -0.2) is 4.39 Å². The van der Waals surface area contributed by atoms with Crippen LogP contribution in [0, 0.1) is 5.82 Å². The Balaban J connectivity index is 2.33. The largest absolute Gasteiger partial charge is 0.419 e. The van der Waals surface area contributed by atoms with E-state index in [0.29, 0.717) is 32.1 Å². The predicted molar refractivity (Wildman–Crippen MR) is 60.0 cm³/mol. The SMILES string of the molecule is OC1(c2ccc(C(F)(F)F)c(F)c2)CCCOCC1. The van der Waals surface area contributed by atoms with Crippen LogP contribution in [0.15, 0.2) is 18.2 Å². The number of halogens is 4. The zero-order chi connectivity index (χ0) is 14.1. The van der Waals surface area contributed by atoms with E-state index < -0.39 is 23.2 Å². The third-order valence-corrected chi connectivity index (χ3v) is 3.35. The normalized spacial score (nSPS) is 25.1. The summed E-state index contributed by atoms with van der Waals surface area (Å²) in [4.78, 5) is 0. The van der Waals surface area contributed by atoms with E-state index in [-0.39, 0.29) is 12.0 Å². The molecular formula is C13H14F4O2. The Bertz CT molecular complexity index is 448. The van der Waals surface area contributed by atoms with Crippen molar-refractivity contribution in [1.82, 2.24) is 0 Å². The van der Waals surface area contributed by atoms with E-state index in [4.69, 9.17) is 4.74 Å². The van der Waals surface area contributed by atoms with Crippen molar-refractivity contribution in [3.8, 4) is 0 Å². The summed E-state index contributed by atoms with van der Waals surface area (Å²) in [5.41, 5.74) is -2.46. The van der Waals surface area contributed by atoms with Crippen LogP contribution >= 0.6 is 0 Å². The summed E-state index contributed by atoms with van der Waals surface area (Å²) >= 11 is 0. The quantitative estimate of drug-likeness (QED) is 0.799. The van der Waals surface area contributed by atoms with Gasteiger partial charge in [-0.3, -0.25) is 0 Å². The Hall–Kier alpha value is -1.14. The van der Waals surface area contributed by atoms with Gasteiger partial charge in [0.05, 0.1) is 11.2 Å². The molecule has 19 heavy (non-hydrogen) atoms. The van der Waals surface area contributed by atoms with Gasteiger partial charge < -0.3 is 9.84 Å². The van der Waals surface area contributed by atoms with Crippen LogP contribution in [-0.4, -0.2) is 18.3 Å². The summed E-state index contributed by atoms with van der Waals surface area (Å²) in [6.45, 7) is 0.796. The molecule has 1 fully saturated rings. The standard InChI is InChI=1S/C13H14F4O2/c14-11-8-9(2-3-10(11)13(15,16)17)12(18)4-1-6-19-7-5-12/h2-3,8,18H,1,4-7H2. The zero-order valence-electron chi connectivity index (χ0n) is 10.1. The van der Waals surface area contributed by atoms with Gasteiger partial charge in [-0.1, -0.05) is 6.07 Å². The zero-order valence-corrected chi connectivity index (χ0v) is 10.1. The molecular weight excluding hydrogens is 264 g/mol. The van der Waals surface area contributed by atoms with Crippen molar-refractivity contribution >= 4 is 0 Å². The van der Waals surface area contributed by atoms with Crippen molar-refractivity contribution in [2.24, 2.45) is 0 Å². The van der Waals surface area contributed by atoms with Gasteiger partial charge >= 0.3 is 6.18 Å². The van der Waals surface area contributed by atoms with Crippen LogP contribution in [0.4, 0.5) is 17.6 Å². The predicted octanol–water partition coefficient (Wildman–Crippen LogP) is 3.23. The fourth-order valence-corrected chi connectivity index (χ4v) is 2.26. The van der Waals surface area contributed by atoms with Gasteiger partial charge in [0.25, 0.3) is 0 Å². The molecule has 1 aromatic rings. The van der Waals surface area contributed by atoms with Crippen molar-refractivity contribution in [1.29, 1.82) is 0 Å². The van der Waals surface area contributed by atoms with E-state index >= 15 is 0 Å². The van der Waals surface area contributed by atoms with Crippen LogP contribution in [-0.2, 0) is 16.5 Å². The fourth-order valence-electron chi connectivity index (χ4n) is 2.26. The molecule has 1 heterocycles. The lowest BCUT2D eigenvalue weighted by Gasteiger charge is -2.27. The fraction of sp³-hybridized carbons (Fsp3) is 0.538. The van der Waals surface area contributed by atoms with Gasteiger partial charge in [-0.05, 0) is 30.5 Å². The van der Waals surface area contributed by atoms with E-state index in [1.807, 2.05) is 0 Å². The summed E-state index contributed by atoms with van der Waals surface area (Å²) in [6, 6.07) is 2.58. The van der Waals surface area contributed by atoms with Crippen LogP contribution < -0.4 is 0 Å². The molecule has 2 nitrogen and oxygen atoms in total. The van der Waals surface area contributed by atoms with Crippen LogP contribution in [0.1, 0.15) is 30.4 Å². The molecule has 0 amide bonds. The van der Waals surface area contributed by atoms with Gasteiger partial charge in [0.15, 0.2) is 0 Å². The van der Waals surface area contributed by atoms with Gasteiger partial charge in [0, 0.05) is 19.6 Å². The summed E-state index contributed by atoms with van der Waals surface area (Å²) in [7, 11) is 0. The molecule has 6 heteroatoms. The van der Waals surface area contributed by atoms with E-state index in [9.17, 15) is 22.7 Å². The average molecular weight is 278 g/mol. The Morgan fingerprint density at radius 1 is 1.16 bits per heavy atom. The Labute approximate surface area is 108 Å². The van der Waals surface area contributed by atoms with Crippen molar-refractivity contribution in [2.45, 2.75) is 31.0 Å². The minimum atomic E-state index is -4.72. The monoisotopic (exact) mass is 278 g/mol. The summed E-state index contributed by atoms with van der Waals surface area (Å²) in [5.74, 6) is -1.36. The molecule has 0 spiro atoms. The van der Waals surface area contributed by atoms with E-state index in [0.717, 1.165) is 12.1 Å². The van der Waals surface area contributed by atoms with Crippen LogP contribution in [0.2, 0.25) is 0 Å². The molecule has 1 aromatic carbocycles. The van der Waals surface area contributed by atoms with Gasteiger partial charge in [0.1, 0.15) is 5.82 Å². The molecule has 0 saturated carbocycles. The molecule has 2 rings (SSSR count). The summed E-state index contributed by atoms with van der Waals surface area (Å²) in [5, 5.41) is 10.4. The second-order valence-corrected chi connectivity index (χ2v) is 4.69. The number of rotatable bonds is 1. The highest BCUT2D eigenvalue weighted by molar-refractivity contribution is 5.30. The van der Waals surface area contributed by atoms with Gasteiger partial charge in [0.2, 0.25) is 0 Å². The minimum Gasteiger partial charge on any atom is -0.385 e. The molecule has 1 N–H and O–H groups in total. The van der Waals surface area contributed by atoms with Gasteiger partial charge in [-0.15, -0.1) is 0 Å². The van der Waals surface area contributed by atoms with Crippen LogP contribution in [0.25, 0.3) is 0 Å². The van der Waals surface area contributed by atoms with Gasteiger partial charge in [-0.2, -0.15) is 13.2 Å². The van der Waals surface area contributed by atoms with Crippen molar-refractivity contribution < 1.29 is 27.4 Å². The first kappa shape index (κ1) is 14.3. The first-order valence-electron chi connectivity index (χ1n) is 6.00.